The van der Waals surface area contributed by atoms with Crippen LogP contribution in [0.4, 0.5) is 4.39 Å². The van der Waals surface area contributed by atoms with Crippen LogP contribution < -0.4 is 5.32 Å². The standard InChI is InChI=1S/C9H16FN3.ClH/c1-4-11-6-8-7(3)12-13(5-2)9(8)10;/h11H,4-6H2,1-3H3;1H. The maximum atomic E-state index is 13.5. The van der Waals surface area contributed by atoms with Crippen LogP contribution in [0, 0.1) is 12.9 Å². The van der Waals surface area contributed by atoms with Crippen LogP contribution in [0.1, 0.15) is 25.1 Å². The first kappa shape index (κ1) is 13.4. The fourth-order valence-electron chi connectivity index (χ4n) is 1.25. The summed E-state index contributed by atoms with van der Waals surface area (Å²) in [5.74, 6) is -0.207. The Morgan fingerprint density at radius 2 is 2.07 bits per heavy atom. The average Bonchev–Trinajstić information content (AvgIpc) is 2.39. The van der Waals surface area contributed by atoms with Gasteiger partial charge in [0.05, 0.1) is 5.69 Å². The van der Waals surface area contributed by atoms with Crippen molar-refractivity contribution in [2.45, 2.75) is 33.9 Å². The molecular weight excluding hydrogens is 205 g/mol. The van der Waals surface area contributed by atoms with E-state index in [0.717, 1.165) is 12.2 Å². The highest BCUT2D eigenvalue weighted by atomic mass is 35.5. The Hall–Kier alpha value is -0.610. The number of hydrogen-bond donors (Lipinski definition) is 1. The SMILES string of the molecule is CCNCc1c(C)nn(CC)c1F.Cl. The summed E-state index contributed by atoms with van der Waals surface area (Å²) >= 11 is 0. The Morgan fingerprint density at radius 1 is 1.43 bits per heavy atom. The second-order valence-electron chi connectivity index (χ2n) is 2.95. The maximum Gasteiger partial charge on any atom is 0.216 e. The zero-order valence-electron chi connectivity index (χ0n) is 8.80. The van der Waals surface area contributed by atoms with E-state index >= 15 is 0 Å². The van der Waals surface area contributed by atoms with Gasteiger partial charge < -0.3 is 5.32 Å². The molecule has 0 aliphatic carbocycles. The summed E-state index contributed by atoms with van der Waals surface area (Å²) in [7, 11) is 0. The van der Waals surface area contributed by atoms with Gasteiger partial charge in [0, 0.05) is 18.7 Å². The van der Waals surface area contributed by atoms with Gasteiger partial charge in [0.2, 0.25) is 5.95 Å². The monoisotopic (exact) mass is 221 g/mol. The molecule has 0 amide bonds. The van der Waals surface area contributed by atoms with E-state index in [4.69, 9.17) is 0 Å². The summed E-state index contributed by atoms with van der Waals surface area (Å²) < 4.78 is 14.9. The molecule has 14 heavy (non-hydrogen) atoms. The van der Waals surface area contributed by atoms with Crippen molar-refractivity contribution in [1.82, 2.24) is 15.1 Å². The first-order chi connectivity index (χ1) is 6.20. The van der Waals surface area contributed by atoms with Crippen LogP contribution in [0.25, 0.3) is 0 Å². The first-order valence-corrected chi connectivity index (χ1v) is 4.63. The van der Waals surface area contributed by atoms with Crippen molar-refractivity contribution in [3.05, 3.63) is 17.2 Å². The Labute approximate surface area is 90.1 Å². The van der Waals surface area contributed by atoms with E-state index < -0.39 is 0 Å². The van der Waals surface area contributed by atoms with Crippen molar-refractivity contribution in [3.8, 4) is 0 Å². The molecule has 0 aromatic carbocycles. The number of aryl methyl sites for hydroxylation is 2. The molecule has 82 valence electrons. The summed E-state index contributed by atoms with van der Waals surface area (Å²) in [5, 5.41) is 7.17. The fourth-order valence-corrected chi connectivity index (χ4v) is 1.25. The van der Waals surface area contributed by atoms with Crippen LogP contribution in [0.15, 0.2) is 0 Å². The normalized spacial score (nSPS) is 10.0. The lowest BCUT2D eigenvalue weighted by Crippen LogP contribution is -2.13. The predicted octanol–water partition coefficient (Wildman–Crippen LogP) is 1.88. The molecule has 1 N–H and O–H groups in total. The molecular formula is C9H17ClFN3. The van der Waals surface area contributed by atoms with Gasteiger partial charge in [-0.15, -0.1) is 12.4 Å². The van der Waals surface area contributed by atoms with Crippen molar-refractivity contribution < 1.29 is 4.39 Å². The van der Waals surface area contributed by atoms with Crippen molar-refractivity contribution in [2.24, 2.45) is 0 Å². The topological polar surface area (TPSA) is 29.9 Å². The lowest BCUT2D eigenvalue weighted by molar-refractivity contribution is 0.461. The van der Waals surface area contributed by atoms with E-state index in [0.29, 0.717) is 18.7 Å². The van der Waals surface area contributed by atoms with Crippen LogP contribution in [-0.4, -0.2) is 16.3 Å². The number of rotatable bonds is 4. The molecule has 5 heteroatoms. The predicted molar refractivity (Wildman–Crippen MR) is 57.2 cm³/mol. The Bertz CT molecular complexity index is 286. The largest absolute Gasteiger partial charge is 0.313 e. The van der Waals surface area contributed by atoms with Gasteiger partial charge in [-0.1, -0.05) is 6.92 Å². The molecule has 1 aromatic heterocycles. The molecule has 0 bridgehead atoms. The van der Waals surface area contributed by atoms with Crippen LogP contribution in [-0.2, 0) is 13.1 Å². The molecule has 0 radical (unpaired) electrons. The third kappa shape index (κ3) is 2.69. The number of nitrogens with zero attached hydrogens (tertiary/aromatic N) is 2. The van der Waals surface area contributed by atoms with Crippen LogP contribution >= 0.6 is 12.4 Å². The van der Waals surface area contributed by atoms with E-state index in [-0.39, 0.29) is 18.4 Å². The van der Waals surface area contributed by atoms with Crippen LogP contribution in [0.2, 0.25) is 0 Å². The zero-order chi connectivity index (χ0) is 9.84. The van der Waals surface area contributed by atoms with Gasteiger partial charge in [0.25, 0.3) is 0 Å². The minimum atomic E-state index is -0.207. The summed E-state index contributed by atoms with van der Waals surface area (Å²) in [4.78, 5) is 0. The molecule has 1 heterocycles. The molecule has 0 spiro atoms. The number of nitrogens with one attached hydrogen (secondary N) is 1. The summed E-state index contributed by atoms with van der Waals surface area (Å²) in [6.45, 7) is 7.70. The molecule has 0 saturated heterocycles. The van der Waals surface area contributed by atoms with Crippen molar-refractivity contribution in [1.29, 1.82) is 0 Å². The van der Waals surface area contributed by atoms with E-state index in [9.17, 15) is 4.39 Å². The lowest BCUT2D eigenvalue weighted by atomic mass is 10.2. The summed E-state index contributed by atoms with van der Waals surface area (Å²) in [6.07, 6.45) is 0. The highest BCUT2D eigenvalue weighted by Crippen LogP contribution is 2.11. The van der Waals surface area contributed by atoms with Crippen molar-refractivity contribution in [2.75, 3.05) is 6.54 Å². The lowest BCUT2D eigenvalue weighted by Gasteiger charge is -1.99. The van der Waals surface area contributed by atoms with Gasteiger partial charge in [0.15, 0.2) is 0 Å². The maximum absolute atomic E-state index is 13.5. The van der Waals surface area contributed by atoms with E-state index in [1.807, 2.05) is 20.8 Å². The van der Waals surface area contributed by atoms with Gasteiger partial charge in [0.1, 0.15) is 0 Å². The Kier molecular flexibility index (Phi) is 5.72. The molecule has 0 aliphatic heterocycles. The third-order valence-electron chi connectivity index (χ3n) is 2.03. The van der Waals surface area contributed by atoms with Gasteiger partial charge in [-0.3, -0.25) is 0 Å². The highest BCUT2D eigenvalue weighted by Gasteiger charge is 2.12. The van der Waals surface area contributed by atoms with E-state index in [1.165, 1.54) is 4.68 Å². The minimum absolute atomic E-state index is 0. The number of halogens is 2. The molecule has 0 unspecified atom stereocenters. The molecule has 0 aliphatic rings. The quantitative estimate of drug-likeness (QED) is 0.842. The molecule has 0 saturated carbocycles. The second-order valence-corrected chi connectivity index (χ2v) is 2.95. The highest BCUT2D eigenvalue weighted by molar-refractivity contribution is 5.85. The molecule has 0 atom stereocenters. The van der Waals surface area contributed by atoms with E-state index in [1.54, 1.807) is 0 Å². The number of aromatic nitrogens is 2. The molecule has 1 aromatic rings. The summed E-state index contributed by atoms with van der Waals surface area (Å²) in [5.41, 5.74) is 1.46. The smallest absolute Gasteiger partial charge is 0.216 e. The third-order valence-corrected chi connectivity index (χ3v) is 2.03. The summed E-state index contributed by atoms with van der Waals surface area (Å²) in [6, 6.07) is 0. The van der Waals surface area contributed by atoms with Crippen molar-refractivity contribution >= 4 is 12.4 Å². The Morgan fingerprint density at radius 3 is 2.50 bits per heavy atom. The Balaban J connectivity index is 0.00000169. The van der Waals surface area contributed by atoms with Crippen molar-refractivity contribution in [3.63, 3.8) is 0 Å². The number of hydrogen-bond acceptors (Lipinski definition) is 2. The van der Waals surface area contributed by atoms with Gasteiger partial charge in [-0.2, -0.15) is 9.49 Å². The zero-order valence-corrected chi connectivity index (χ0v) is 9.62. The van der Waals surface area contributed by atoms with E-state index in [2.05, 4.69) is 10.4 Å². The van der Waals surface area contributed by atoms with Gasteiger partial charge >= 0.3 is 0 Å². The minimum Gasteiger partial charge on any atom is -0.313 e. The second kappa shape index (κ2) is 5.98. The molecule has 3 nitrogen and oxygen atoms in total. The fraction of sp³-hybridized carbons (Fsp3) is 0.667. The van der Waals surface area contributed by atoms with Crippen LogP contribution in [0.3, 0.4) is 0 Å². The first-order valence-electron chi connectivity index (χ1n) is 4.63. The van der Waals surface area contributed by atoms with Gasteiger partial charge in [-0.25, -0.2) is 4.68 Å². The molecule has 0 fully saturated rings. The van der Waals surface area contributed by atoms with Gasteiger partial charge in [-0.05, 0) is 20.4 Å². The van der Waals surface area contributed by atoms with Crippen LogP contribution in [0.5, 0.6) is 0 Å². The average molecular weight is 222 g/mol. The molecule has 1 rings (SSSR count).